The third-order valence-electron chi connectivity index (χ3n) is 3.28. The standard InChI is InChI=1S/C15H23NO2S/c1-11(2)15(4,18)10-16-14(17)9-19-13-7-5-12(3)6-8-13/h5-8,11,18H,9-10H2,1-4H3,(H,16,17). The van der Waals surface area contributed by atoms with E-state index in [1.165, 1.54) is 17.3 Å². The van der Waals surface area contributed by atoms with Crippen LogP contribution in [-0.4, -0.2) is 28.9 Å². The van der Waals surface area contributed by atoms with Gasteiger partial charge in [0.1, 0.15) is 0 Å². The molecule has 0 aliphatic rings. The maximum atomic E-state index is 11.7. The van der Waals surface area contributed by atoms with Crippen LogP contribution in [0.2, 0.25) is 0 Å². The van der Waals surface area contributed by atoms with Crippen LogP contribution in [-0.2, 0) is 4.79 Å². The lowest BCUT2D eigenvalue weighted by Crippen LogP contribution is -2.44. The summed E-state index contributed by atoms with van der Waals surface area (Å²) in [6, 6.07) is 8.09. The average molecular weight is 281 g/mol. The molecule has 0 radical (unpaired) electrons. The van der Waals surface area contributed by atoms with Gasteiger partial charge in [-0.2, -0.15) is 0 Å². The fraction of sp³-hybridized carbons (Fsp3) is 0.533. The highest BCUT2D eigenvalue weighted by Crippen LogP contribution is 2.18. The number of aliphatic hydroxyl groups is 1. The van der Waals surface area contributed by atoms with Gasteiger partial charge in [0, 0.05) is 11.4 Å². The van der Waals surface area contributed by atoms with E-state index >= 15 is 0 Å². The molecule has 0 aliphatic carbocycles. The molecule has 0 aromatic heterocycles. The van der Waals surface area contributed by atoms with Crippen molar-refractivity contribution in [2.24, 2.45) is 5.92 Å². The van der Waals surface area contributed by atoms with Crippen LogP contribution in [0.3, 0.4) is 0 Å². The van der Waals surface area contributed by atoms with E-state index in [1.54, 1.807) is 6.92 Å². The van der Waals surface area contributed by atoms with Gasteiger partial charge < -0.3 is 10.4 Å². The van der Waals surface area contributed by atoms with Crippen molar-refractivity contribution in [3.63, 3.8) is 0 Å². The van der Waals surface area contributed by atoms with Crippen molar-refractivity contribution in [3.05, 3.63) is 29.8 Å². The van der Waals surface area contributed by atoms with Crippen molar-refractivity contribution in [1.82, 2.24) is 5.32 Å². The molecule has 3 nitrogen and oxygen atoms in total. The first-order valence-electron chi connectivity index (χ1n) is 6.50. The molecule has 19 heavy (non-hydrogen) atoms. The van der Waals surface area contributed by atoms with Crippen molar-refractivity contribution >= 4 is 17.7 Å². The molecule has 1 amide bonds. The van der Waals surface area contributed by atoms with Crippen LogP contribution in [0.25, 0.3) is 0 Å². The smallest absolute Gasteiger partial charge is 0.230 e. The van der Waals surface area contributed by atoms with E-state index in [2.05, 4.69) is 5.32 Å². The Kier molecular flexibility index (Phi) is 5.88. The number of hydrogen-bond acceptors (Lipinski definition) is 3. The molecule has 1 atom stereocenters. The maximum absolute atomic E-state index is 11.7. The number of nitrogens with one attached hydrogen (secondary N) is 1. The van der Waals surface area contributed by atoms with Crippen LogP contribution in [0, 0.1) is 12.8 Å². The number of rotatable bonds is 6. The van der Waals surface area contributed by atoms with Gasteiger partial charge in [0.15, 0.2) is 0 Å². The molecule has 2 N–H and O–H groups in total. The monoisotopic (exact) mass is 281 g/mol. The van der Waals surface area contributed by atoms with E-state index < -0.39 is 5.60 Å². The highest BCUT2D eigenvalue weighted by Gasteiger charge is 2.25. The summed E-state index contributed by atoms with van der Waals surface area (Å²) in [5, 5.41) is 12.8. The molecule has 1 unspecified atom stereocenters. The lowest BCUT2D eigenvalue weighted by Gasteiger charge is -2.27. The highest BCUT2D eigenvalue weighted by atomic mass is 32.2. The number of benzene rings is 1. The topological polar surface area (TPSA) is 49.3 Å². The predicted octanol–water partition coefficient (Wildman–Crippen LogP) is 2.61. The number of hydrogen-bond donors (Lipinski definition) is 2. The maximum Gasteiger partial charge on any atom is 0.230 e. The Bertz CT molecular complexity index is 413. The molecule has 1 aromatic rings. The van der Waals surface area contributed by atoms with Crippen LogP contribution < -0.4 is 5.32 Å². The quantitative estimate of drug-likeness (QED) is 0.788. The SMILES string of the molecule is Cc1ccc(SCC(=O)NCC(C)(O)C(C)C)cc1. The number of carbonyl (C=O) groups excluding carboxylic acids is 1. The van der Waals surface area contributed by atoms with Gasteiger partial charge in [-0.15, -0.1) is 11.8 Å². The molecule has 4 heteroatoms. The van der Waals surface area contributed by atoms with Crippen molar-refractivity contribution in [3.8, 4) is 0 Å². The second kappa shape index (κ2) is 6.96. The Balaban J connectivity index is 2.34. The summed E-state index contributed by atoms with van der Waals surface area (Å²) in [4.78, 5) is 12.8. The molecule has 0 saturated heterocycles. The largest absolute Gasteiger partial charge is 0.388 e. The molecule has 0 fully saturated rings. The third-order valence-corrected chi connectivity index (χ3v) is 4.29. The van der Waals surface area contributed by atoms with E-state index in [4.69, 9.17) is 0 Å². The highest BCUT2D eigenvalue weighted by molar-refractivity contribution is 8.00. The van der Waals surface area contributed by atoms with Crippen LogP contribution in [0.4, 0.5) is 0 Å². The van der Waals surface area contributed by atoms with Gasteiger partial charge >= 0.3 is 0 Å². The molecule has 0 bridgehead atoms. The van der Waals surface area contributed by atoms with Gasteiger partial charge in [0.2, 0.25) is 5.91 Å². The van der Waals surface area contributed by atoms with Crippen LogP contribution in [0.1, 0.15) is 26.3 Å². The van der Waals surface area contributed by atoms with Gasteiger partial charge in [-0.3, -0.25) is 4.79 Å². The summed E-state index contributed by atoms with van der Waals surface area (Å²) in [6.45, 7) is 7.94. The summed E-state index contributed by atoms with van der Waals surface area (Å²) in [5.74, 6) is 0.432. The molecule has 0 spiro atoms. The van der Waals surface area contributed by atoms with Gasteiger partial charge in [-0.1, -0.05) is 31.5 Å². The number of amides is 1. The molecular formula is C15H23NO2S. The first-order chi connectivity index (χ1) is 8.81. The molecule has 0 saturated carbocycles. The molecule has 1 aromatic carbocycles. The fourth-order valence-corrected chi connectivity index (χ4v) is 2.04. The first-order valence-corrected chi connectivity index (χ1v) is 7.48. The van der Waals surface area contributed by atoms with Crippen molar-refractivity contribution < 1.29 is 9.90 Å². The molecule has 1 rings (SSSR count). The Morgan fingerprint density at radius 1 is 1.37 bits per heavy atom. The molecule has 0 heterocycles. The first kappa shape index (κ1) is 16.1. The summed E-state index contributed by atoms with van der Waals surface area (Å²) in [6.07, 6.45) is 0. The number of carbonyl (C=O) groups is 1. The summed E-state index contributed by atoms with van der Waals surface area (Å²) < 4.78 is 0. The predicted molar refractivity (Wildman–Crippen MR) is 80.4 cm³/mol. The van der Waals surface area contributed by atoms with Crippen molar-refractivity contribution in [2.45, 2.75) is 38.2 Å². The van der Waals surface area contributed by atoms with E-state index in [0.717, 1.165) is 4.90 Å². The van der Waals surface area contributed by atoms with Gasteiger partial charge in [0.25, 0.3) is 0 Å². The van der Waals surface area contributed by atoms with E-state index in [9.17, 15) is 9.90 Å². The fourth-order valence-electron chi connectivity index (χ4n) is 1.32. The van der Waals surface area contributed by atoms with Crippen LogP contribution in [0.5, 0.6) is 0 Å². The lowest BCUT2D eigenvalue weighted by molar-refractivity contribution is -0.120. The average Bonchev–Trinajstić information content (AvgIpc) is 2.35. The van der Waals surface area contributed by atoms with E-state index in [-0.39, 0.29) is 18.4 Å². The Morgan fingerprint density at radius 2 is 1.95 bits per heavy atom. The zero-order chi connectivity index (χ0) is 14.5. The zero-order valence-corrected chi connectivity index (χ0v) is 12.9. The minimum atomic E-state index is -0.857. The molecule has 0 aliphatic heterocycles. The number of aryl methyl sites for hydroxylation is 1. The Morgan fingerprint density at radius 3 is 2.47 bits per heavy atom. The third kappa shape index (κ3) is 5.66. The summed E-state index contributed by atoms with van der Waals surface area (Å²) in [5.41, 5.74) is 0.353. The minimum Gasteiger partial charge on any atom is -0.388 e. The van der Waals surface area contributed by atoms with Crippen LogP contribution in [0.15, 0.2) is 29.2 Å². The Labute approximate surface area is 119 Å². The molecular weight excluding hydrogens is 258 g/mol. The van der Waals surface area contributed by atoms with Crippen molar-refractivity contribution in [1.29, 1.82) is 0 Å². The van der Waals surface area contributed by atoms with Gasteiger partial charge in [-0.05, 0) is 31.9 Å². The lowest BCUT2D eigenvalue weighted by atomic mass is 9.93. The summed E-state index contributed by atoms with van der Waals surface area (Å²) >= 11 is 1.50. The van der Waals surface area contributed by atoms with E-state index in [1.807, 2.05) is 45.0 Å². The van der Waals surface area contributed by atoms with Crippen molar-refractivity contribution in [2.75, 3.05) is 12.3 Å². The molecule has 106 valence electrons. The minimum absolute atomic E-state index is 0.0495. The number of thioether (sulfide) groups is 1. The second-order valence-corrected chi connectivity index (χ2v) is 6.44. The van der Waals surface area contributed by atoms with Gasteiger partial charge in [0.05, 0.1) is 11.4 Å². The van der Waals surface area contributed by atoms with Gasteiger partial charge in [-0.25, -0.2) is 0 Å². The van der Waals surface area contributed by atoms with Crippen LogP contribution >= 0.6 is 11.8 Å². The second-order valence-electron chi connectivity index (χ2n) is 5.39. The zero-order valence-electron chi connectivity index (χ0n) is 12.1. The summed E-state index contributed by atoms with van der Waals surface area (Å²) in [7, 11) is 0. The Hall–Kier alpha value is -1.00. The normalized spacial score (nSPS) is 14.2. The van der Waals surface area contributed by atoms with E-state index in [0.29, 0.717) is 5.75 Å².